The van der Waals surface area contributed by atoms with Gasteiger partial charge in [-0.1, -0.05) is 23.2 Å². The van der Waals surface area contributed by atoms with Gasteiger partial charge in [0.25, 0.3) is 5.91 Å². The van der Waals surface area contributed by atoms with Gasteiger partial charge < -0.3 is 26.3 Å². The number of benzene rings is 2. The predicted molar refractivity (Wildman–Crippen MR) is 148 cm³/mol. The Morgan fingerprint density at radius 1 is 1.13 bits per heavy atom. The molecular formula is C26H28Cl2N8O2. The maximum absolute atomic E-state index is 13.0. The Hall–Kier alpha value is -3.47. The number of aromatic amines is 1. The molecule has 1 aliphatic heterocycles. The number of halogens is 2. The molecule has 2 atom stereocenters. The quantitative estimate of drug-likeness (QED) is 0.236. The number of hydrogen-bond donors (Lipinski definition) is 4. The molecule has 5 rings (SSSR count). The largest absolute Gasteiger partial charge is 0.359 e. The maximum Gasteiger partial charge on any atom is 0.255 e. The fraction of sp³-hybridized carbons (Fsp3) is 0.346. The molecule has 2 amide bonds. The molecule has 0 saturated carbocycles. The summed E-state index contributed by atoms with van der Waals surface area (Å²) in [6, 6.07) is 8.40. The molecule has 0 aliphatic carbocycles. The second kappa shape index (κ2) is 11.1. The SMILES string of the molecule is CC(N)NC(=O)CCC(Nc1ncnc2cc(C(=O)N3CCCC3)c(Cl)cc12)c1nc2ccc(Cl)cc2[nH]1. The highest BCUT2D eigenvalue weighted by Gasteiger charge is 2.24. The number of likely N-dealkylation sites (tertiary alicyclic amines) is 1. The first kappa shape index (κ1) is 26.1. The van der Waals surface area contributed by atoms with E-state index in [1.54, 1.807) is 31.2 Å². The lowest BCUT2D eigenvalue weighted by Gasteiger charge is -2.20. The van der Waals surface area contributed by atoms with Crippen LogP contribution in [-0.2, 0) is 4.79 Å². The zero-order valence-corrected chi connectivity index (χ0v) is 22.3. The van der Waals surface area contributed by atoms with Crippen molar-refractivity contribution in [1.29, 1.82) is 0 Å². The van der Waals surface area contributed by atoms with Crippen molar-refractivity contribution < 1.29 is 9.59 Å². The zero-order chi connectivity index (χ0) is 26.8. The number of anilines is 1. The summed E-state index contributed by atoms with van der Waals surface area (Å²) in [5, 5.41) is 7.69. The first-order valence-corrected chi connectivity index (χ1v) is 13.2. The molecule has 1 fully saturated rings. The lowest BCUT2D eigenvalue weighted by Crippen LogP contribution is -2.39. The van der Waals surface area contributed by atoms with Crippen LogP contribution in [0.15, 0.2) is 36.7 Å². The first-order chi connectivity index (χ1) is 18.3. The molecule has 38 heavy (non-hydrogen) atoms. The third kappa shape index (κ3) is 5.67. The summed E-state index contributed by atoms with van der Waals surface area (Å²) in [5.41, 5.74) is 8.24. The molecule has 10 nitrogen and oxygen atoms in total. The second-order valence-electron chi connectivity index (χ2n) is 9.45. The van der Waals surface area contributed by atoms with Crippen molar-refractivity contribution in [1.82, 2.24) is 30.2 Å². The fourth-order valence-corrected chi connectivity index (χ4v) is 5.07. The highest BCUT2D eigenvalue weighted by atomic mass is 35.5. The van der Waals surface area contributed by atoms with Crippen LogP contribution >= 0.6 is 23.2 Å². The van der Waals surface area contributed by atoms with Crippen LogP contribution in [0.2, 0.25) is 10.0 Å². The van der Waals surface area contributed by atoms with Crippen LogP contribution in [0, 0.1) is 0 Å². The molecule has 198 valence electrons. The van der Waals surface area contributed by atoms with Crippen LogP contribution in [-0.4, -0.2) is 55.9 Å². The third-order valence-corrected chi connectivity index (χ3v) is 7.05. The fourth-order valence-electron chi connectivity index (χ4n) is 4.66. The molecule has 2 aromatic heterocycles. The van der Waals surface area contributed by atoms with Gasteiger partial charge in [0.05, 0.1) is 39.3 Å². The molecule has 0 radical (unpaired) electrons. The van der Waals surface area contributed by atoms with E-state index in [0.29, 0.717) is 44.6 Å². The van der Waals surface area contributed by atoms with Gasteiger partial charge in [-0.3, -0.25) is 9.59 Å². The lowest BCUT2D eigenvalue weighted by atomic mass is 10.1. The standard InChI is InChI=1S/C26H28Cl2N8O2/c1-14(29)32-23(37)7-6-20(25-33-19-5-4-15(27)10-22(19)35-25)34-24-17-11-18(28)16(12-21(17)30-13-31-24)26(38)36-8-2-3-9-36/h4-5,10-14,20H,2-3,6-9,29H2,1H3,(H,32,37)(H,33,35)(H,30,31,34). The molecule has 0 bridgehead atoms. The number of H-pyrrole nitrogens is 1. The third-order valence-electron chi connectivity index (χ3n) is 6.50. The van der Waals surface area contributed by atoms with Gasteiger partial charge in [-0.2, -0.15) is 0 Å². The molecule has 2 unspecified atom stereocenters. The molecule has 4 aromatic rings. The minimum Gasteiger partial charge on any atom is -0.359 e. The van der Waals surface area contributed by atoms with Gasteiger partial charge in [-0.05, 0) is 56.5 Å². The number of fused-ring (bicyclic) bond motifs is 2. The van der Waals surface area contributed by atoms with Crippen LogP contribution < -0.4 is 16.4 Å². The molecular weight excluding hydrogens is 527 g/mol. The van der Waals surface area contributed by atoms with Crippen molar-refractivity contribution in [3.05, 3.63) is 58.1 Å². The van der Waals surface area contributed by atoms with Crippen LogP contribution in [0.5, 0.6) is 0 Å². The van der Waals surface area contributed by atoms with Gasteiger partial charge >= 0.3 is 0 Å². The minimum absolute atomic E-state index is 0.0959. The van der Waals surface area contributed by atoms with E-state index < -0.39 is 12.2 Å². The highest BCUT2D eigenvalue weighted by molar-refractivity contribution is 6.35. The van der Waals surface area contributed by atoms with Crippen LogP contribution in [0.1, 0.15) is 54.8 Å². The Balaban J connectivity index is 1.47. The number of nitrogens with zero attached hydrogens (tertiary/aromatic N) is 4. The lowest BCUT2D eigenvalue weighted by molar-refractivity contribution is -0.121. The van der Waals surface area contributed by atoms with Crippen molar-refractivity contribution in [2.45, 2.75) is 44.8 Å². The van der Waals surface area contributed by atoms with E-state index in [4.69, 9.17) is 33.9 Å². The molecule has 5 N–H and O–H groups in total. The van der Waals surface area contributed by atoms with Gasteiger partial charge in [0.1, 0.15) is 18.0 Å². The van der Waals surface area contributed by atoms with E-state index in [2.05, 4.69) is 25.6 Å². The van der Waals surface area contributed by atoms with Gasteiger partial charge in [-0.15, -0.1) is 0 Å². The molecule has 2 aromatic carbocycles. The van der Waals surface area contributed by atoms with E-state index in [-0.39, 0.29) is 18.2 Å². The Morgan fingerprint density at radius 2 is 1.92 bits per heavy atom. The molecule has 12 heteroatoms. The summed E-state index contributed by atoms with van der Waals surface area (Å²) >= 11 is 12.8. The van der Waals surface area contributed by atoms with E-state index in [1.807, 2.05) is 11.0 Å². The number of carbonyl (C=O) groups excluding carboxylic acids is 2. The van der Waals surface area contributed by atoms with E-state index in [9.17, 15) is 9.59 Å². The maximum atomic E-state index is 13.0. The molecule has 1 saturated heterocycles. The average Bonchev–Trinajstić information content (AvgIpc) is 3.55. The topological polar surface area (TPSA) is 142 Å². The smallest absolute Gasteiger partial charge is 0.255 e. The average molecular weight is 555 g/mol. The van der Waals surface area contributed by atoms with Crippen molar-refractivity contribution in [3.63, 3.8) is 0 Å². The molecule has 1 aliphatic rings. The number of nitrogens with two attached hydrogens (primary N) is 1. The molecule has 3 heterocycles. The number of amides is 2. The van der Waals surface area contributed by atoms with Crippen molar-refractivity contribution in [2.24, 2.45) is 5.73 Å². The molecule has 0 spiro atoms. The number of rotatable bonds is 8. The van der Waals surface area contributed by atoms with E-state index in [0.717, 1.165) is 37.0 Å². The van der Waals surface area contributed by atoms with Crippen molar-refractivity contribution in [2.75, 3.05) is 18.4 Å². The van der Waals surface area contributed by atoms with Gasteiger partial charge in [0.2, 0.25) is 5.91 Å². The second-order valence-corrected chi connectivity index (χ2v) is 10.3. The van der Waals surface area contributed by atoms with Crippen molar-refractivity contribution in [3.8, 4) is 0 Å². The number of aromatic nitrogens is 4. The van der Waals surface area contributed by atoms with Gasteiger partial charge in [0.15, 0.2) is 0 Å². The Bertz CT molecular complexity index is 1500. The summed E-state index contributed by atoms with van der Waals surface area (Å²) in [4.78, 5) is 44.1. The van der Waals surface area contributed by atoms with Crippen LogP contribution in [0.4, 0.5) is 5.82 Å². The Labute approximate surface area is 229 Å². The predicted octanol–water partition coefficient (Wildman–Crippen LogP) is 4.40. The Kier molecular flexibility index (Phi) is 7.64. The number of imidazole rings is 1. The monoisotopic (exact) mass is 554 g/mol. The number of hydrogen-bond acceptors (Lipinski definition) is 7. The summed E-state index contributed by atoms with van der Waals surface area (Å²) in [5.74, 6) is 0.857. The van der Waals surface area contributed by atoms with Gasteiger partial charge in [-0.25, -0.2) is 15.0 Å². The minimum atomic E-state index is -0.451. The van der Waals surface area contributed by atoms with Gasteiger partial charge in [0, 0.05) is 29.9 Å². The highest BCUT2D eigenvalue weighted by Crippen LogP contribution is 2.31. The summed E-state index contributed by atoms with van der Waals surface area (Å²) in [6.07, 6.45) is 3.57. The van der Waals surface area contributed by atoms with Crippen LogP contribution in [0.3, 0.4) is 0 Å². The zero-order valence-electron chi connectivity index (χ0n) is 20.8. The van der Waals surface area contributed by atoms with E-state index >= 15 is 0 Å². The van der Waals surface area contributed by atoms with E-state index in [1.165, 1.54) is 6.33 Å². The Morgan fingerprint density at radius 3 is 2.68 bits per heavy atom. The first-order valence-electron chi connectivity index (χ1n) is 12.5. The number of carbonyl (C=O) groups is 2. The number of nitrogens with one attached hydrogen (secondary N) is 3. The summed E-state index contributed by atoms with van der Waals surface area (Å²) in [7, 11) is 0. The summed E-state index contributed by atoms with van der Waals surface area (Å²) in [6.45, 7) is 3.16. The van der Waals surface area contributed by atoms with Crippen molar-refractivity contribution >= 4 is 62.8 Å². The van der Waals surface area contributed by atoms with Crippen LogP contribution in [0.25, 0.3) is 21.9 Å². The normalized spacial score (nSPS) is 15.1. The summed E-state index contributed by atoms with van der Waals surface area (Å²) < 4.78 is 0.